The molecular formula is C22H17N3O5. The van der Waals surface area contributed by atoms with E-state index in [-0.39, 0.29) is 46.6 Å². The third-order valence-corrected chi connectivity index (χ3v) is 7.10. The molecule has 4 atom stereocenters. The van der Waals surface area contributed by atoms with Gasteiger partial charge in [-0.25, -0.2) is 0 Å². The molecule has 8 nitrogen and oxygen atoms in total. The molecule has 150 valence electrons. The number of benzene rings is 1. The van der Waals surface area contributed by atoms with E-state index < -0.39 is 4.92 Å². The zero-order valence-electron chi connectivity index (χ0n) is 15.8. The minimum absolute atomic E-state index is 0.0319. The fourth-order valence-electron chi connectivity index (χ4n) is 5.64. The maximum atomic E-state index is 12.9. The third kappa shape index (κ3) is 2.18. The second kappa shape index (κ2) is 5.75. The van der Waals surface area contributed by atoms with Crippen LogP contribution in [0.15, 0.2) is 58.1 Å². The van der Waals surface area contributed by atoms with E-state index in [1.54, 1.807) is 24.3 Å². The Morgan fingerprint density at radius 1 is 1.10 bits per heavy atom. The Morgan fingerprint density at radius 2 is 1.80 bits per heavy atom. The summed E-state index contributed by atoms with van der Waals surface area (Å²) in [6.45, 7) is 0. The Balaban J connectivity index is 1.23. The van der Waals surface area contributed by atoms with Gasteiger partial charge in [-0.05, 0) is 42.2 Å². The van der Waals surface area contributed by atoms with Crippen molar-refractivity contribution in [3.05, 3.63) is 64.4 Å². The first-order valence-electron chi connectivity index (χ1n) is 9.94. The first-order chi connectivity index (χ1) is 14.5. The molecule has 3 fully saturated rings. The molecule has 4 unspecified atom stereocenters. The van der Waals surface area contributed by atoms with E-state index in [4.69, 9.17) is 4.42 Å². The summed E-state index contributed by atoms with van der Waals surface area (Å²) in [5.41, 5.74) is 0.685. The molecule has 2 aromatic rings. The summed E-state index contributed by atoms with van der Waals surface area (Å²) in [6, 6.07) is 9.43. The second-order valence-electron chi connectivity index (χ2n) is 8.46. The highest BCUT2D eigenvalue weighted by atomic mass is 16.6. The number of hydrogen-bond acceptors (Lipinski definition) is 6. The highest BCUT2D eigenvalue weighted by molar-refractivity contribution is 6.07. The number of carbonyl (C=O) groups excluding carboxylic acids is 2. The number of rotatable bonds is 4. The number of nitro benzene ring substituents is 1. The fourth-order valence-corrected chi connectivity index (χ4v) is 5.64. The van der Waals surface area contributed by atoms with Crippen molar-refractivity contribution in [3.8, 4) is 11.3 Å². The van der Waals surface area contributed by atoms with Crippen molar-refractivity contribution in [3.63, 3.8) is 0 Å². The van der Waals surface area contributed by atoms with Gasteiger partial charge in [-0.1, -0.05) is 24.3 Å². The summed E-state index contributed by atoms with van der Waals surface area (Å²) in [4.78, 5) is 36.3. The van der Waals surface area contributed by atoms with Gasteiger partial charge in [0.2, 0.25) is 0 Å². The minimum Gasteiger partial charge on any atom is -0.455 e. The number of carbonyl (C=O) groups is 2. The molecule has 2 amide bonds. The van der Waals surface area contributed by atoms with E-state index in [0.717, 1.165) is 17.9 Å². The molecule has 1 spiro atoms. The molecule has 1 saturated heterocycles. The molecule has 1 aliphatic heterocycles. The van der Waals surface area contributed by atoms with Crippen molar-refractivity contribution in [1.29, 1.82) is 0 Å². The molecule has 0 radical (unpaired) electrons. The average Bonchev–Trinajstić information content (AvgIpc) is 3.03. The molecule has 6 rings (SSSR count). The number of non-ortho nitro benzene ring substituents is 1. The number of amides is 2. The lowest BCUT2D eigenvalue weighted by Crippen LogP contribution is -2.30. The number of nitrogens with zero attached hydrogens (tertiary/aromatic N) is 3. The lowest BCUT2D eigenvalue weighted by atomic mass is 9.85. The van der Waals surface area contributed by atoms with Crippen molar-refractivity contribution in [2.75, 3.05) is 0 Å². The number of hydrogen-bond donors (Lipinski definition) is 0. The van der Waals surface area contributed by atoms with Gasteiger partial charge < -0.3 is 4.42 Å². The normalized spacial score (nSPS) is 30.1. The Labute approximate surface area is 171 Å². The number of fused-ring (bicyclic) bond motifs is 3. The second-order valence-corrected chi connectivity index (χ2v) is 8.46. The van der Waals surface area contributed by atoms with Crippen LogP contribution in [0.1, 0.15) is 18.6 Å². The molecule has 8 heteroatoms. The first kappa shape index (κ1) is 17.3. The Bertz CT molecular complexity index is 1140. The van der Waals surface area contributed by atoms with Crippen molar-refractivity contribution < 1.29 is 18.9 Å². The van der Waals surface area contributed by atoms with Gasteiger partial charge in [0, 0.05) is 17.7 Å². The number of nitro groups is 1. The molecule has 4 aliphatic rings. The van der Waals surface area contributed by atoms with Crippen LogP contribution < -0.4 is 0 Å². The summed E-state index contributed by atoms with van der Waals surface area (Å²) in [7, 11) is 0. The van der Waals surface area contributed by atoms with Gasteiger partial charge >= 0.3 is 0 Å². The van der Waals surface area contributed by atoms with E-state index in [9.17, 15) is 19.7 Å². The Hall–Kier alpha value is -3.55. The van der Waals surface area contributed by atoms with Crippen LogP contribution in [0, 0.1) is 39.2 Å². The van der Waals surface area contributed by atoms with Crippen LogP contribution in [0.4, 0.5) is 5.69 Å². The zero-order chi connectivity index (χ0) is 20.6. The van der Waals surface area contributed by atoms with E-state index in [2.05, 4.69) is 17.3 Å². The van der Waals surface area contributed by atoms with Gasteiger partial charge in [0.25, 0.3) is 17.5 Å². The fraction of sp³-hybridized carbons (Fsp3) is 0.318. The minimum atomic E-state index is -0.468. The third-order valence-electron chi connectivity index (χ3n) is 7.10. The maximum absolute atomic E-state index is 12.9. The summed E-state index contributed by atoms with van der Waals surface area (Å²) in [5.74, 6) is 0.0856. The topological polar surface area (TPSA) is 106 Å². The van der Waals surface area contributed by atoms with Crippen molar-refractivity contribution in [2.24, 2.45) is 34.2 Å². The van der Waals surface area contributed by atoms with Crippen LogP contribution in [0.5, 0.6) is 0 Å². The van der Waals surface area contributed by atoms with Crippen LogP contribution in [0.25, 0.3) is 11.3 Å². The van der Waals surface area contributed by atoms with Crippen molar-refractivity contribution >= 4 is 23.7 Å². The lowest BCUT2D eigenvalue weighted by molar-refractivity contribution is -0.384. The summed E-state index contributed by atoms with van der Waals surface area (Å²) < 4.78 is 5.69. The summed E-state index contributed by atoms with van der Waals surface area (Å²) >= 11 is 0. The quantitative estimate of drug-likeness (QED) is 0.256. The number of furan rings is 1. The molecule has 0 N–H and O–H groups in total. The zero-order valence-corrected chi connectivity index (χ0v) is 15.8. The molecule has 2 heterocycles. The molecule has 2 bridgehead atoms. The van der Waals surface area contributed by atoms with Gasteiger partial charge in [-0.2, -0.15) is 10.1 Å². The predicted molar refractivity (Wildman–Crippen MR) is 105 cm³/mol. The number of allylic oxidation sites excluding steroid dienone is 2. The van der Waals surface area contributed by atoms with Gasteiger partial charge in [0.1, 0.15) is 11.5 Å². The molecule has 2 saturated carbocycles. The highest BCUT2D eigenvalue weighted by Gasteiger charge is 2.73. The molecule has 1 aromatic heterocycles. The maximum Gasteiger partial charge on any atom is 0.270 e. The lowest BCUT2D eigenvalue weighted by Gasteiger charge is -2.18. The van der Waals surface area contributed by atoms with E-state index in [1.807, 2.05) is 0 Å². The molecular weight excluding hydrogens is 386 g/mol. The summed E-state index contributed by atoms with van der Waals surface area (Å²) in [6.07, 6.45) is 7.78. The van der Waals surface area contributed by atoms with Crippen LogP contribution in [0.3, 0.4) is 0 Å². The Morgan fingerprint density at radius 3 is 2.43 bits per heavy atom. The number of hydrazone groups is 1. The monoisotopic (exact) mass is 403 g/mol. The highest BCUT2D eigenvalue weighted by Crippen LogP contribution is 2.73. The smallest absolute Gasteiger partial charge is 0.270 e. The SMILES string of the molecule is O=C1C2C(C(=O)N1/N=C/c1ccc(-c3cccc([N+](=O)[O-])c3)o1)C1C=CC2C12CC2. The molecule has 3 aliphatic carbocycles. The van der Waals surface area contributed by atoms with E-state index in [1.165, 1.54) is 18.3 Å². The Kier molecular flexibility index (Phi) is 3.32. The van der Waals surface area contributed by atoms with E-state index >= 15 is 0 Å². The van der Waals surface area contributed by atoms with E-state index in [0.29, 0.717) is 17.1 Å². The van der Waals surface area contributed by atoms with Crippen LogP contribution in [-0.4, -0.2) is 28.0 Å². The number of imide groups is 1. The molecule has 1 aromatic carbocycles. The standard InChI is InChI=1S/C22H17N3O5/c26-20-18-15-5-6-16(22(15)8-9-22)19(18)21(27)24(20)23-11-14-4-7-17(30-14)12-2-1-3-13(10-12)25(28)29/h1-7,10-11,15-16,18-19H,8-9H2/b23-11+. The van der Waals surface area contributed by atoms with Crippen LogP contribution in [-0.2, 0) is 9.59 Å². The first-order valence-corrected chi connectivity index (χ1v) is 9.94. The van der Waals surface area contributed by atoms with Gasteiger partial charge in [-0.3, -0.25) is 19.7 Å². The summed E-state index contributed by atoms with van der Waals surface area (Å²) in [5, 5.41) is 16.1. The van der Waals surface area contributed by atoms with Gasteiger partial charge in [0.15, 0.2) is 0 Å². The predicted octanol–water partition coefficient (Wildman–Crippen LogP) is 3.39. The van der Waals surface area contributed by atoms with Gasteiger partial charge in [-0.15, -0.1) is 0 Å². The molecule has 30 heavy (non-hydrogen) atoms. The average molecular weight is 403 g/mol. The van der Waals surface area contributed by atoms with Crippen LogP contribution in [0.2, 0.25) is 0 Å². The van der Waals surface area contributed by atoms with Crippen LogP contribution >= 0.6 is 0 Å². The van der Waals surface area contributed by atoms with Crippen molar-refractivity contribution in [2.45, 2.75) is 12.8 Å². The largest absolute Gasteiger partial charge is 0.455 e. The van der Waals surface area contributed by atoms with Crippen molar-refractivity contribution in [1.82, 2.24) is 5.01 Å². The van der Waals surface area contributed by atoms with Gasteiger partial charge in [0.05, 0.1) is 23.0 Å².